The van der Waals surface area contributed by atoms with Gasteiger partial charge in [0.05, 0.1) is 9.85 Å². The second kappa shape index (κ2) is 7.95. The molecule has 0 atom stereocenters. The van der Waals surface area contributed by atoms with Crippen molar-refractivity contribution in [2.45, 2.75) is 6.54 Å². The minimum absolute atomic E-state index is 0.0208. The molecule has 0 saturated carbocycles. The van der Waals surface area contributed by atoms with E-state index in [0.29, 0.717) is 12.2 Å². The number of nitrogens with one attached hydrogen (secondary N) is 2. The van der Waals surface area contributed by atoms with Crippen molar-refractivity contribution in [1.29, 1.82) is 0 Å². The van der Waals surface area contributed by atoms with Crippen LogP contribution in [0.4, 0.5) is 34.6 Å². The highest BCUT2D eigenvalue weighted by Crippen LogP contribution is 2.30. The average Bonchev–Trinajstić information content (AvgIpc) is 2.67. The first kappa shape index (κ1) is 18.5. The molecule has 0 fully saturated rings. The Kier molecular flexibility index (Phi) is 5.25. The Morgan fingerprint density at radius 3 is 2.21 bits per heavy atom. The zero-order valence-corrected chi connectivity index (χ0v) is 14.4. The van der Waals surface area contributed by atoms with Gasteiger partial charge in [-0.05, 0) is 17.7 Å². The van der Waals surface area contributed by atoms with E-state index in [0.717, 1.165) is 5.56 Å². The molecule has 11 heteroatoms. The van der Waals surface area contributed by atoms with Gasteiger partial charge in [-0.3, -0.25) is 20.2 Å². The van der Waals surface area contributed by atoms with Gasteiger partial charge in [0, 0.05) is 24.4 Å². The lowest BCUT2D eigenvalue weighted by Crippen LogP contribution is -2.10. The van der Waals surface area contributed by atoms with Gasteiger partial charge < -0.3 is 16.4 Å². The van der Waals surface area contributed by atoms with E-state index in [1.807, 2.05) is 30.3 Å². The summed E-state index contributed by atoms with van der Waals surface area (Å²) in [6.45, 7) is 0.301. The maximum atomic E-state index is 11.3. The van der Waals surface area contributed by atoms with E-state index in [4.69, 9.17) is 5.73 Å². The highest BCUT2D eigenvalue weighted by atomic mass is 16.6. The number of nitrogens with two attached hydrogens (primary N) is 1. The Labute approximate surface area is 158 Å². The predicted molar refractivity (Wildman–Crippen MR) is 103 cm³/mol. The second-order valence-corrected chi connectivity index (χ2v) is 5.65. The highest BCUT2D eigenvalue weighted by Gasteiger charge is 2.23. The molecule has 142 valence electrons. The molecule has 3 rings (SSSR count). The monoisotopic (exact) mass is 381 g/mol. The fourth-order valence-corrected chi connectivity index (χ4v) is 2.41. The van der Waals surface area contributed by atoms with Crippen LogP contribution in [0.15, 0.2) is 54.6 Å². The summed E-state index contributed by atoms with van der Waals surface area (Å²) in [5, 5.41) is 27.8. The van der Waals surface area contributed by atoms with Gasteiger partial charge in [-0.25, -0.2) is 0 Å². The lowest BCUT2D eigenvalue weighted by molar-refractivity contribution is -0.384. The van der Waals surface area contributed by atoms with E-state index >= 15 is 0 Å². The Bertz CT molecular complexity index is 1010. The zero-order chi connectivity index (χ0) is 20.1. The number of aromatic nitrogens is 2. The van der Waals surface area contributed by atoms with Gasteiger partial charge in [-0.15, -0.1) is 0 Å². The van der Waals surface area contributed by atoms with Crippen molar-refractivity contribution in [3.05, 3.63) is 80.4 Å². The Hall–Kier alpha value is -4.28. The van der Waals surface area contributed by atoms with Gasteiger partial charge in [0.1, 0.15) is 0 Å². The molecule has 0 radical (unpaired) electrons. The van der Waals surface area contributed by atoms with Crippen molar-refractivity contribution in [3.8, 4) is 0 Å². The summed E-state index contributed by atoms with van der Waals surface area (Å²) in [5.74, 6) is -0.321. The molecule has 2 aromatic carbocycles. The standard InChI is InChI=1S/C17H15N7O4/c18-15-14(24(27)28)16(19-10-11-4-2-1-3-5-11)22-17(21-15)20-12-6-8-13(9-7-12)23(25)26/h1-9H,10H2,(H4,18,19,20,21,22). The third-order valence-electron chi connectivity index (χ3n) is 3.73. The fourth-order valence-electron chi connectivity index (χ4n) is 2.41. The summed E-state index contributed by atoms with van der Waals surface area (Å²) in [7, 11) is 0. The van der Waals surface area contributed by atoms with Gasteiger partial charge >= 0.3 is 5.69 Å². The Morgan fingerprint density at radius 1 is 0.929 bits per heavy atom. The number of non-ortho nitro benzene ring substituents is 1. The molecule has 0 unspecified atom stereocenters. The normalized spacial score (nSPS) is 10.3. The summed E-state index contributed by atoms with van der Waals surface area (Å²) in [5.41, 5.74) is 6.62. The third kappa shape index (κ3) is 4.27. The number of rotatable bonds is 7. The van der Waals surface area contributed by atoms with Crippen LogP contribution in [0.5, 0.6) is 0 Å². The van der Waals surface area contributed by atoms with Crippen molar-refractivity contribution in [1.82, 2.24) is 9.97 Å². The Balaban J connectivity index is 1.86. The number of benzene rings is 2. The molecule has 0 aliphatic carbocycles. The average molecular weight is 381 g/mol. The minimum atomic E-state index is -0.654. The summed E-state index contributed by atoms with van der Waals surface area (Å²) in [4.78, 5) is 28.9. The SMILES string of the molecule is Nc1nc(Nc2ccc([N+](=O)[O-])cc2)nc(NCc2ccccc2)c1[N+](=O)[O-]. The molecular weight excluding hydrogens is 366 g/mol. The summed E-state index contributed by atoms with van der Waals surface area (Å²) in [6.07, 6.45) is 0. The summed E-state index contributed by atoms with van der Waals surface area (Å²) < 4.78 is 0. The van der Waals surface area contributed by atoms with E-state index in [1.165, 1.54) is 24.3 Å². The molecule has 0 saturated heterocycles. The maximum absolute atomic E-state index is 11.3. The van der Waals surface area contributed by atoms with Crippen LogP contribution in [0.1, 0.15) is 5.56 Å². The molecule has 0 aliphatic rings. The second-order valence-electron chi connectivity index (χ2n) is 5.65. The zero-order valence-electron chi connectivity index (χ0n) is 14.4. The third-order valence-corrected chi connectivity index (χ3v) is 3.73. The molecule has 4 N–H and O–H groups in total. The molecule has 0 bridgehead atoms. The molecule has 11 nitrogen and oxygen atoms in total. The first-order chi connectivity index (χ1) is 13.4. The Morgan fingerprint density at radius 2 is 1.61 bits per heavy atom. The molecule has 0 amide bonds. The maximum Gasteiger partial charge on any atom is 0.353 e. The molecule has 0 spiro atoms. The van der Waals surface area contributed by atoms with E-state index < -0.39 is 15.5 Å². The molecule has 1 aromatic heterocycles. The van der Waals surface area contributed by atoms with Crippen LogP contribution in [-0.4, -0.2) is 19.8 Å². The van der Waals surface area contributed by atoms with E-state index in [2.05, 4.69) is 20.6 Å². The van der Waals surface area contributed by atoms with Crippen LogP contribution >= 0.6 is 0 Å². The molecule has 0 aliphatic heterocycles. The van der Waals surface area contributed by atoms with Crippen LogP contribution in [0.25, 0.3) is 0 Å². The molecule has 1 heterocycles. The van der Waals surface area contributed by atoms with Crippen LogP contribution in [-0.2, 0) is 6.54 Å². The van der Waals surface area contributed by atoms with Gasteiger partial charge in [-0.2, -0.15) is 9.97 Å². The van der Waals surface area contributed by atoms with Crippen molar-refractivity contribution in [3.63, 3.8) is 0 Å². The quantitative estimate of drug-likeness (QED) is 0.412. The van der Waals surface area contributed by atoms with Crippen LogP contribution in [0, 0.1) is 20.2 Å². The van der Waals surface area contributed by atoms with Crippen molar-refractivity contribution >= 4 is 34.6 Å². The van der Waals surface area contributed by atoms with Gasteiger partial charge in [0.2, 0.25) is 17.6 Å². The predicted octanol–water partition coefficient (Wildman–Crippen LogP) is 3.23. The largest absolute Gasteiger partial charge is 0.378 e. The van der Waals surface area contributed by atoms with Gasteiger partial charge in [-0.1, -0.05) is 30.3 Å². The van der Waals surface area contributed by atoms with Crippen molar-refractivity contribution in [2.75, 3.05) is 16.4 Å². The van der Waals surface area contributed by atoms with Gasteiger partial charge in [0.25, 0.3) is 5.69 Å². The molecular formula is C17H15N7O4. The number of hydrogen-bond acceptors (Lipinski definition) is 9. The number of nitrogens with zero attached hydrogens (tertiary/aromatic N) is 4. The lowest BCUT2D eigenvalue weighted by Gasteiger charge is -2.11. The van der Waals surface area contributed by atoms with E-state index in [9.17, 15) is 20.2 Å². The molecule has 3 aromatic rings. The highest BCUT2D eigenvalue weighted by molar-refractivity contribution is 5.71. The number of nitrogen functional groups attached to an aromatic ring is 1. The number of nitro benzene ring substituents is 1. The minimum Gasteiger partial charge on any atom is -0.378 e. The number of hydrogen-bond donors (Lipinski definition) is 3. The smallest absolute Gasteiger partial charge is 0.353 e. The van der Waals surface area contributed by atoms with Crippen molar-refractivity contribution in [2.24, 2.45) is 0 Å². The van der Waals surface area contributed by atoms with E-state index in [-0.39, 0.29) is 23.3 Å². The first-order valence-electron chi connectivity index (χ1n) is 8.05. The number of anilines is 4. The first-order valence-corrected chi connectivity index (χ1v) is 8.05. The van der Waals surface area contributed by atoms with Crippen LogP contribution in [0.3, 0.4) is 0 Å². The lowest BCUT2D eigenvalue weighted by atomic mass is 10.2. The van der Waals surface area contributed by atoms with E-state index in [1.54, 1.807) is 0 Å². The topological polar surface area (TPSA) is 162 Å². The fraction of sp³-hybridized carbons (Fsp3) is 0.0588. The summed E-state index contributed by atoms with van der Waals surface area (Å²) >= 11 is 0. The molecule has 28 heavy (non-hydrogen) atoms. The van der Waals surface area contributed by atoms with Gasteiger partial charge in [0.15, 0.2) is 0 Å². The number of nitro groups is 2. The van der Waals surface area contributed by atoms with Crippen LogP contribution < -0.4 is 16.4 Å². The van der Waals surface area contributed by atoms with Crippen LogP contribution in [0.2, 0.25) is 0 Å². The van der Waals surface area contributed by atoms with Crippen molar-refractivity contribution < 1.29 is 9.85 Å². The summed E-state index contributed by atoms with van der Waals surface area (Å²) in [6, 6.07) is 14.8.